The largest absolute Gasteiger partial charge is 0.437 e. The highest BCUT2D eigenvalue weighted by Crippen LogP contribution is 2.27. The second-order valence-corrected chi connectivity index (χ2v) is 5.62. The lowest BCUT2D eigenvalue weighted by molar-refractivity contribution is 0.647. The Kier molecular flexibility index (Phi) is 2.36. The van der Waals surface area contributed by atoms with Gasteiger partial charge in [-0.2, -0.15) is 0 Å². The van der Waals surface area contributed by atoms with Crippen LogP contribution < -0.4 is 5.43 Å². The fraction of sp³-hybridized carbons (Fsp3) is 0. The summed E-state index contributed by atoms with van der Waals surface area (Å²) in [7, 11) is 0. The molecule has 23 heavy (non-hydrogen) atoms. The first-order valence-corrected chi connectivity index (χ1v) is 7.45. The summed E-state index contributed by atoms with van der Waals surface area (Å²) in [6.45, 7) is 0. The van der Waals surface area contributed by atoms with Gasteiger partial charge in [0.1, 0.15) is 5.58 Å². The maximum absolute atomic E-state index is 12.8. The Balaban J connectivity index is 2.05. The molecule has 0 aliphatic carbocycles. The first kappa shape index (κ1) is 12.4. The number of benzene rings is 3. The van der Waals surface area contributed by atoms with Gasteiger partial charge in [-0.15, -0.1) is 0 Å². The number of pyridine rings is 1. The molecule has 2 heterocycles. The quantitative estimate of drug-likeness (QED) is 0.309. The molecule has 0 fully saturated rings. The molecule has 5 rings (SSSR count). The fourth-order valence-corrected chi connectivity index (χ4v) is 3.14. The molecule has 0 atom stereocenters. The molecule has 0 bridgehead atoms. The molecule has 0 spiro atoms. The van der Waals surface area contributed by atoms with Crippen LogP contribution in [0.5, 0.6) is 0 Å². The lowest BCUT2D eigenvalue weighted by atomic mass is 10.0. The molecule has 0 radical (unpaired) electrons. The van der Waals surface area contributed by atoms with Crippen LogP contribution in [0.15, 0.2) is 75.9 Å². The van der Waals surface area contributed by atoms with E-state index in [0.717, 1.165) is 21.7 Å². The van der Waals surface area contributed by atoms with Crippen LogP contribution in [0.4, 0.5) is 0 Å². The third-order valence-electron chi connectivity index (χ3n) is 4.27. The van der Waals surface area contributed by atoms with Crippen molar-refractivity contribution in [2.75, 3.05) is 0 Å². The van der Waals surface area contributed by atoms with Crippen molar-refractivity contribution < 1.29 is 4.42 Å². The summed E-state index contributed by atoms with van der Waals surface area (Å²) < 4.78 is 5.84. The average Bonchev–Trinajstić information content (AvgIpc) is 2.60. The summed E-state index contributed by atoms with van der Waals surface area (Å²) in [5.41, 5.74) is 1.74. The summed E-state index contributed by atoms with van der Waals surface area (Å²) in [6.07, 6.45) is 0. The van der Waals surface area contributed by atoms with Crippen molar-refractivity contribution in [2.45, 2.75) is 0 Å². The predicted molar refractivity (Wildman–Crippen MR) is 92.8 cm³/mol. The van der Waals surface area contributed by atoms with Gasteiger partial charge in [-0.05, 0) is 35.0 Å². The minimum Gasteiger partial charge on any atom is -0.437 e. The van der Waals surface area contributed by atoms with E-state index in [1.54, 1.807) is 12.1 Å². The monoisotopic (exact) mass is 297 g/mol. The zero-order chi connectivity index (χ0) is 15.4. The molecule has 0 saturated carbocycles. The molecule has 3 nitrogen and oxygen atoms in total. The van der Waals surface area contributed by atoms with Crippen molar-refractivity contribution in [1.82, 2.24) is 4.98 Å². The molecular weight excluding hydrogens is 286 g/mol. The van der Waals surface area contributed by atoms with E-state index in [1.165, 1.54) is 0 Å². The Morgan fingerprint density at radius 3 is 2.43 bits per heavy atom. The normalized spacial score (nSPS) is 11.7. The predicted octanol–water partition coefficient (Wildman–Crippen LogP) is 4.65. The molecule has 0 amide bonds. The Hall–Kier alpha value is -3.20. The highest BCUT2D eigenvalue weighted by molar-refractivity contribution is 6.09. The lowest BCUT2D eigenvalue weighted by Crippen LogP contribution is -2.03. The molecule has 0 N–H and O–H groups in total. The number of fused-ring (bicyclic) bond motifs is 5. The smallest absolute Gasteiger partial charge is 0.231 e. The Morgan fingerprint density at radius 1 is 0.739 bits per heavy atom. The summed E-state index contributed by atoms with van der Waals surface area (Å²) in [4.78, 5) is 17.3. The third-order valence-corrected chi connectivity index (χ3v) is 4.27. The Labute approximate surface area is 130 Å². The summed E-state index contributed by atoms with van der Waals surface area (Å²) >= 11 is 0. The molecule has 0 aliphatic rings. The van der Waals surface area contributed by atoms with E-state index in [2.05, 4.69) is 11.1 Å². The second-order valence-electron chi connectivity index (χ2n) is 5.62. The molecule has 3 aromatic carbocycles. The van der Waals surface area contributed by atoms with Gasteiger partial charge in [-0.25, -0.2) is 4.98 Å². The van der Waals surface area contributed by atoms with Gasteiger partial charge in [0.15, 0.2) is 0 Å². The van der Waals surface area contributed by atoms with Gasteiger partial charge in [0, 0.05) is 5.39 Å². The topological polar surface area (TPSA) is 43.1 Å². The highest BCUT2D eigenvalue weighted by Gasteiger charge is 2.11. The van der Waals surface area contributed by atoms with Crippen molar-refractivity contribution in [3.63, 3.8) is 0 Å². The van der Waals surface area contributed by atoms with Gasteiger partial charge in [0.25, 0.3) is 0 Å². The van der Waals surface area contributed by atoms with Crippen molar-refractivity contribution in [2.24, 2.45) is 0 Å². The van der Waals surface area contributed by atoms with Gasteiger partial charge in [-0.1, -0.05) is 42.5 Å². The van der Waals surface area contributed by atoms with Crippen molar-refractivity contribution in [3.8, 4) is 0 Å². The van der Waals surface area contributed by atoms with E-state index < -0.39 is 0 Å². The van der Waals surface area contributed by atoms with Gasteiger partial charge >= 0.3 is 0 Å². The maximum Gasteiger partial charge on any atom is 0.231 e. The van der Waals surface area contributed by atoms with Crippen molar-refractivity contribution in [3.05, 3.63) is 77.0 Å². The first-order valence-electron chi connectivity index (χ1n) is 7.45. The van der Waals surface area contributed by atoms with E-state index in [9.17, 15) is 4.79 Å². The minimum absolute atomic E-state index is 0.0378. The highest BCUT2D eigenvalue weighted by atomic mass is 16.3. The number of aromatic nitrogens is 1. The maximum atomic E-state index is 12.8. The molecule has 5 aromatic rings. The lowest BCUT2D eigenvalue weighted by Gasteiger charge is -2.05. The van der Waals surface area contributed by atoms with Crippen LogP contribution in [-0.2, 0) is 0 Å². The zero-order valence-electron chi connectivity index (χ0n) is 12.1. The number of nitrogens with zero attached hydrogens (tertiary/aromatic N) is 1. The number of hydrogen-bond acceptors (Lipinski definition) is 3. The van der Waals surface area contributed by atoms with Gasteiger partial charge < -0.3 is 4.42 Å². The van der Waals surface area contributed by atoms with Crippen LogP contribution >= 0.6 is 0 Å². The van der Waals surface area contributed by atoms with E-state index >= 15 is 0 Å². The molecule has 0 aliphatic heterocycles. The molecule has 0 unspecified atom stereocenters. The number of rotatable bonds is 0. The summed E-state index contributed by atoms with van der Waals surface area (Å²) in [5.74, 6) is 0. The van der Waals surface area contributed by atoms with E-state index in [1.807, 2.05) is 48.5 Å². The van der Waals surface area contributed by atoms with Crippen LogP contribution in [-0.4, -0.2) is 4.98 Å². The van der Waals surface area contributed by atoms with Crippen LogP contribution in [0.3, 0.4) is 0 Å². The van der Waals surface area contributed by atoms with Crippen molar-refractivity contribution in [1.29, 1.82) is 0 Å². The molecule has 3 heteroatoms. The number of hydrogen-bond donors (Lipinski definition) is 0. The van der Waals surface area contributed by atoms with Crippen LogP contribution in [0, 0.1) is 0 Å². The molecular formula is C20H11NO2. The van der Waals surface area contributed by atoms with E-state index in [4.69, 9.17) is 4.42 Å². The molecule has 108 valence electrons. The van der Waals surface area contributed by atoms with Gasteiger partial charge in [0.2, 0.25) is 11.1 Å². The van der Waals surface area contributed by atoms with Gasteiger partial charge in [-0.3, -0.25) is 4.79 Å². The van der Waals surface area contributed by atoms with Crippen LogP contribution in [0.1, 0.15) is 0 Å². The first-order chi connectivity index (χ1) is 11.3. The SMILES string of the molecule is O=c1c2ccccc2oc2nc3ccc4ccccc4c3cc12. The zero-order valence-corrected chi connectivity index (χ0v) is 12.1. The standard InChI is InChI=1S/C20H11NO2/c22-19-14-7-3-4-8-18(14)23-20-16(19)11-15-13-6-2-1-5-12(13)9-10-17(15)21-20/h1-11H. The summed E-state index contributed by atoms with van der Waals surface area (Å²) in [5, 5.41) is 4.30. The fourth-order valence-electron chi connectivity index (χ4n) is 3.14. The third kappa shape index (κ3) is 1.70. The van der Waals surface area contributed by atoms with Gasteiger partial charge in [0.05, 0.1) is 16.3 Å². The molecule has 2 aromatic heterocycles. The number of para-hydroxylation sites is 1. The average molecular weight is 297 g/mol. The second kappa shape index (κ2) is 4.40. The van der Waals surface area contributed by atoms with E-state index in [0.29, 0.717) is 22.1 Å². The van der Waals surface area contributed by atoms with Crippen LogP contribution in [0.2, 0.25) is 0 Å². The Morgan fingerprint density at radius 2 is 1.52 bits per heavy atom. The Bertz CT molecular complexity index is 1290. The van der Waals surface area contributed by atoms with E-state index in [-0.39, 0.29) is 5.43 Å². The molecule has 0 saturated heterocycles. The van der Waals surface area contributed by atoms with Crippen LogP contribution in [0.25, 0.3) is 43.7 Å². The summed E-state index contributed by atoms with van der Waals surface area (Å²) in [6, 6.07) is 21.3. The minimum atomic E-state index is -0.0378. The van der Waals surface area contributed by atoms with Crippen molar-refractivity contribution >= 4 is 43.7 Å².